The predicted molar refractivity (Wildman–Crippen MR) is 128 cm³/mol. The maximum Gasteiger partial charge on any atom is 0.404 e. The molecule has 2 saturated heterocycles. The Morgan fingerprint density at radius 1 is 1.03 bits per heavy atom. The van der Waals surface area contributed by atoms with E-state index < -0.39 is 12.0 Å². The average molecular weight is 468 g/mol. The lowest BCUT2D eigenvalue weighted by molar-refractivity contribution is 0.0664. The lowest BCUT2D eigenvalue weighted by atomic mass is 10.1. The summed E-state index contributed by atoms with van der Waals surface area (Å²) < 4.78 is 0. The molecule has 0 saturated carbocycles. The quantitative estimate of drug-likeness (QED) is 0.495. The van der Waals surface area contributed by atoms with Crippen molar-refractivity contribution in [1.82, 2.24) is 20.1 Å². The molecule has 2 fully saturated rings. The van der Waals surface area contributed by atoms with Gasteiger partial charge >= 0.3 is 6.09 Å². The van der Waals surface area contributed by atoms with E-state index in [0.717, 1.165) is 13.1 Å². The number of hydrogen-bond donors (Lipinski definition) is 4. The van der Waals surface area contributed by atoms with Crippen molar-refractivity contribution in [3.63, 3.8) is 0 Å². The number of carboxylic acid groups (broad SMARTS) is 1. The molecule has 0 bridgehead atoms. The molecule has 0 spiro atoms. The second kappa shape index (κ2) is 9.96. The molecule has 3 heterocycles. The Bertz CT molecular complexity index is 1070. The van der Waals surface area contributed by atoms with Crippen LogP contribution in [0.15, 0.2) is 36.4 Å². The van der Waals surface area contributed by atoms with Gasteiger partial charge in [-0.25, -0.2) is 9.78 Å². The van der Waals surface area contributed by atoms with Gasteiger partial charge in [0.1, 0.15) is 11.6 Å². The highest BCUT2D eigenvalue weighted by molar-refractivity contribution is 5.99. The van der Waals surface area contributed by atoms with Crippen molar-refractivity contribution in [1.29, 1.82) is 0 Å². The van der Waals surface area contributed by atoms with Gasteiger partial charge in [-0.1, -0.05) is 0 Å². The summed E-state index contributed by atoms with van der Waals surface area (Å²) in [6.45, 7) is 4.23. The number of hydrogen-bond acceptors (Lipinski definition) is 7. The number of primary amides is 1. The molecule has 11 nitrogen and oxygen atoms in total. The first-order valence-corrected chi connectivity index (χ1v) is 11.2. The first-order valence-electron chi connectivity index (χ1n) is 11.2. The van der Waals surface area contributed by atoms with Gasteiger partial charge in [-0.15, -0.1) is 0 Å². The molecular weight excluding hydrogens is 438 g/mol. The molecule has 1 aromatic heterocycles. The van der Waals surface area contributed by atoms with Gasteiger partial charge in [0, 0.05) is 50.5 Å². The van der Waals surface area contributed by atoms with E-state index in [1.54, 1.807) is 36.4 Å². The van der Waals surface area contributed by atoms with Gasteiger partial charge < -0.3 is 36.2 Å². The van der Waals surface area contributed by atoms with E-state index in [0.29, 0.717) is 55.5 Å². The zero-order valence-corrected chi connectivity index (χ0v) is 19.0. The number of amides is 3. The Labute approximate surface area is 197 Å². The van der Waals surface area contributed by atoms with Gasteiger partial charge in [-0.3, -0.25) is 9.59 Å². The van der Waals surface area contributed by atoms with Crippen molar-refractivity contribution in [2.75, 3.05) is 56.5 Å². The van der Waals surface area contributed by atoms with Gasteiger partial charge in [0.05, 0.1) is 11.6 Å². The monoisotopic (exact) mass is 467 g/mol. The molecule has 1 aromatic carbocycles. The third-order valence-corrected chi connectivity index (χ3v) is 6.17. The number of rotatable bonds is 6. The van der Waals surface area contributed by atoms with E-state index in [1.165, 1.54) is 0 Å². The van der Waals surface area contributed by atoms with Crippen LogP contribution in [0.25, 0.3) is 0 Å². The number of likely N-dealkylation sites (N-methyl/N-ethyl adjacent to an activating group) is 1. The molecule has 1 atom stereocenters. The van der Waals surface area contributed by atoms with Crippen molar-refractivity contribution in [2.45, 2.75) is 12.5 Å². The number of benzene rings is 1. The Balaban J connectivity index is 1.48. The van der Waals surface area contributed by atoms with Crippen LogP contribution in [0.2, 0.25) is 0 Å². The molecule has 5 N–H and O–H groups in total. The molecule has 1 unspecified atom stereocenters. The van der Waals surface area contributed by atoms with Crippen LogP contribution in [-0.4, -0.2) is 90.2 Å². The summed E-state index contributed by atoms with van der Waals surface area (Å²) in [5.74, 6) is 0.299. The summed E-state index contributed by atoms with van der Waals surface area (Å²) in [6, 6.07) is 10.2. The van der Waals surface area contributed by atoms with Crippen molar-refractivity contribution < 1.29 is 19.5 Å². The van der Waals surface area contributed by atoms with Crippen LogP contribution in [0.3, 0.4) is 0 Å². The van der Waals surface area contributed by atoms with Crippen LogP contribution in [0, 0.1) is 0 Å². The Hall–Kier alpha value is -3.86. The number of nitrogens with one attached hydrogen (secondary N) is 2. The van der Waals surface area contributed by atoms with E-state index in [9.17, 15) is 14.4 Å². The number of piperazine rings is 1. The molecule has 11 heteroatoms. The standard InChI is InChI=1S/C23H29N7O4/c1-28-10-12-29(13-11-28)22(32)15-2-4-16(5-3-15)25-21-18(20(24)31)6-7-19(27-21)30-9-8-17(14-30)26-23(33)34/h2-7,17,26H,8-14H2,1H3,(H2,24,31)(H,25,27)(H,33,34). The molecule has 3 amide bonds. The lowest BCUT2D eigenvalue weighted by Crippen LogP contribution is -2.47. The van der Waals surface area contributed by atoms with Crippen molar-refractivity contribution in [3.05, 3.63) is 47.5 Å². The average Bonchev–Trinajstić information content (AvgIpc) is 3.27. The summed E-state index contributed by atoms with van der Waals surface area (Å²) in [7, 11) is 2.04. The number of anilines is 3. The Morgan fingerprint density at radius 3 is 2.38 bits per heavy atom. The topological polar surface area (TPSA) is 144 Å². The molecular formula is C23H29N7O4. The molecule has 0 radical (unpaired) electrons. The summed E-state index contributed by atoms with van der Waals surface area (Å²) >= 11 is 0. The minimum atomic E-state index is -1.05. The second-order valence-corrected chi connectivity index (χ2v) is 8.61. The van der Waals surface area contributed by atoms with Crippen LogP contribution >= 0.6 is 0 Å². The van der Waals surface area contributed by atoms with Crippen LogP contribution < -0.4 is 21.3 Å². The zero-order valence-electron chi connectivity index (χ0n) is 19.0. The Kier molecular flexibility index (Phi) is 6.82. The SMILES string of the molecule is CN1CCN(C(=O)c2ccc(Nc3nc(N4CCC(NC(=O)O)C4)ccc3C(N)=O)cc2)CC1. The zero-order chi connectivity index (χ0) is 24.2. The molecule has 34 heavy (non-hydrogen) atoms. The highest BCUT2D eigenvalue weighted by Gasteiger charge is 2.26. The van der Waals surface area contributed by atoms with Crippen molar-refractivity contribution in [2.24, 2.45) is 5.73 Å². The first kappa shape index (κ1) is 23.3. The van der Waals surface area contributed by atoms with E-state index in [4.69, 9.17) is 10.8 Å². The third-order valence-electron chi connectivity index (χ3n) is 6.17. The summed E-state index contributed by atoms with van der Waals surface area (Å²) in [4.78, 5) is 46.2. The van der Waals surface area contributed by atoms with E-state index in [2.05, 4.69) is 20.5 Å². The van der Waals surface area contributed by atoms with E-state index in [-0.39, 0.29) is 17.5 Å². The molecule has 180 valence electrons. The highest BCUT2D eigenvalue weighted by atomic mass is 16.4. The number of nitrogens with zero attached hydrogens (tertiary/aromatic N) is 4. The number of pyridine rings is 1. The maximum absolute atomic E-state index is 12.8. The van der Waals surface area contributed by atoms with Gasteiger partial charge in [0.15, 0.2) is 0 Å². The lowest BCUT2D eigenvalue weighted by Gasteiger charge is -2.32. The molecule has 2 aliphatic heterocycles. The molecule has 2 aromatic rings. The summed E-state index contributed by atoms with van der Waals surface area (Å²) in [5.41, 5.74) is 7.04. The smallest absolute Gasteiger partial charge is 0.404 e. The van der Waals surface area contributed by atoms with Gasteiger partial charge in [-0.2, -0.15) is 0 Å². The largest absolute Gasteiger partial charge is 0.465 e. The Morgan fingerprint density at radius 2 is 1.74 bits per heavy atom. The molecule has 2 aliphatic rings. The van der Waals surface area contributed by atoms with Crippen LogP contribution in [0.5, 0.6) is 0 Å². The minimum absolute atomic E-state index is 0.00356. The van der Waals surface area contributed by atoms with Gasteiger partial charge in [0.25, 0.3) is 11.8 Å². The van der Waals surface area contributed by atoms with Crippen molar-refractivity contribution >= 4 is 35.2 Å². The molecule has 0 aliphatic carbocycles. The fraction of sp³-hybridized carbons (Fsp3) is 0.391. The molecule has 4 rings (SSSR count). The maximum atomic E-state index is 12.8. The third kappa shape index (κ3) is 5.37. The first-order chi connectivity index (χ1) is 16.3. The van der Waals surface area contributed by atoms with Crippen LogP contribution in [0.1, 0.15) is 27.1 Å². The summed E-state index contributed by atoms with van der Waals surface area (Å²) in [6.07, 6.45) is -0.391. The normalized spacial score (nSPS) is 18.6. The second-order valence-electron chi connectivity index (χ2n) is 8.61. The number of carbonyl (C=O) groups is 3. The predicted octanol–water partition coefficient (Wildman–Crippen LogP) is 1.16. The fourth-order valence-corrected chi connectivity index (χ4v) is 4.20. The number of carbonyl (C=O) groups excluding carboxylic acids is 2. The van der Waals surface area contributed by atoms with E-state index >= 15 is 0 Å². The minimum Gasteiger partial charge on any atom is -0.465 e. The summed E-state index contributed by atoms with van der Waals surface area (Å²) in [5, 5.41) is 14.6. The highest BCUT2D eigenvalue weighted by Crippen LogP contribution is 2.25. The van der Waals surface area contributed by atoms with Crippen molar-refractivity contribution in [3.8, 4) is 0 Å². The fourth-order valence-electron chi connectivity index (χ4n) is 4.20. The van der Waals surface area contributed by atoms with Gasteiger partial charge in [-0.05, 0) is 49.9 Å². The number of nitrogens with two attached hydrogens (primary N) is 1. The van der Waals surface area contributed by atoms with Crippen LogP contribution in [0.4, 0.5) is 22.1 Å². The number of aromatic nitrogens is 1. The van der Waals surface area contributed by atoms with Gasteiger partial charge in [0.2, 0.25) is 0 Å². The van der Waals surface area contributed by atoms with Crippen LogP contribution in [-0.2, 0) is 0 Å². The van der Waals surface area contributed by atoms with E-state index in [1.807, 2.05) is 16.8 Å².